The van der Waals surface area contributed by atoms with Gasteiger partial charge in [0.1, 0.15) is 0 Å². The Morgan fingerprint density at radius 2 is 1.21 bits per heavy atom. The molecular weight excluding hydrogens is 768 g/mol. The third-order valence-corrected chi connectivity index (χ3v) is 16.2. The molecule has 0 radical (unpaired) electrons. The second-order valence-corrected chi connectivity index (χ2v) is 24.5. The fraction of sp³-hybridized carbons (Fsp3) is 0.448. The number of hydrogen-bond donors (Lipinski definition) is 0. The van der Waals surface area contributed by atoms with E-state index in [1.165, 1.54) is 125 Å². The number of fused-ring (bicyclic) bond motifs is 4. The summed E-state index contributed by atoms with van der Waals surface area (Å²) in [6.07, 6.45) is 12.5. The molecule has 3 heterocycles. The maximum Gasteiger partial charge on any atom is 0.260 e. The number of hydrogen-bond acceptors (Lipinski definition) is 3. The quantitative estimate of drug-likeness (QED) is 0.166. The summed E-state index contributed by atoms with van der Waals surface area (Å²) >= 11 is 2.06. The van der Waals surface area contributed by atoms with Gasteiger partial charge >= 0.3 is 0 Å². The summed E-state index contributed by atoms with van der Waals surface area (Å²) in [5.41, 5.74) is 19.8. The molecule has 322 valence electrons. The molecule has 4 aliphatic rings. The van der Waals surface area contributed by atoms with E-state index in [2.05, 4.69) is 209 Å². The molecule has 1 unspecified atom stereocenters. The summed E-state index contributed by atoms with van der Waals surface area (Å²) in [6, 6.07) is 31.7. The number of allylic oxidation sites excluding steroid dienone is 4. The lowest BCUT2D eigenvalue weighted by Crippen LogP contribution is -2.55. The van der Waals surface area contributed by atoms with Crippen LogP contribution >= 0.6 is 11.3 Å². The predicted molar refractivity (Wildman–Crippen MR) is 274 cm³/mol. The van der Waals surface area contributed by atoms with Gasteiger partial charge in [0.2, 0.25) is 0 Å². The van der Waals surface area contributed by atoms with E-state index in [1.807, 2.05) is 0 Å². The van der Waals surface area contributed by atoms with E-state index >= 15 is 0 Å². The molecule has 1 atom stereocenters. The van der Waals surface area contributed by atoms with Gasteiger partial charge in [0, 0.05) is 43.3 Å². The van der Waals surface area contributed by atoms with Crippen molar-refractivity contribution in [2.24, 2.45) is 11.3 Å². The normalized spacial score (nSPS) is 18.9. The van der Waals surface area contributed by atoms with Crippen molar-refractivity contribution >= 4 is 66.8 Å². The van der Waals surface area contributed by atoms with E-state index in [0.717, 1.165) is 6.42 Å². The van der Waals surface area contributed by atoms with Gasteiger partial charge in [-0.15, -0.1) is 11.3 Å². The van der Waals surface area contributed by atoms with E-state index in [4.69, 9.17) is 0 Å². The molecule has 0 N–H and O–H groups in total. The Balaban J connectivity index is 1.42. The van der Waals surface area contributed by atoms with E-state index in [0.29, 0.717) is 11.8 Å². The molecular formula is C58H71BN2S. The van der Waals surface area contributed by atoms with Gasteiger partial charge in [0.25, 0.3) is 6.71 Å². The molecule has 1 saturated carbocycles. The third kappa shape index (κ3) is 7.25. The van der Waals surface area contributed by atoms with Crippen molar-refractivity contribution in [3.05, 3.63) is 136 Å². The van der Waals surface area contributed by atoms with Crippen LogP contribution in [0, 0.1) is 11.3 Å². The Labute approximate surface area is 379 Å². The van der Waals surface area contributed by atoms with Gasteiger partial charge < -0.3 is 9.80 Å². The summed E-state index contributed by atoms with van der Waals surface area (Å²) < 4.78 is 2.90. The largest absolute Gasteiger partial charge is 0.311 e. The Kier molecular flexibility index (Phi) is 10.5. The van der Waals surface area contributed by atoms with Gasteiger partial charge in [0.05, 0.1) is 5.69 Å². The zero-order chi connectivity index (χ0) is 44.3. The molecule has 0 spiro atoms. The number of thiophene rings is 1. The summed E-state index contributed by atoms with van der Waals surface area (Å²) in [5, 5.41) is 1.38. The van der Waals surface area contributed by atoms with Crippen LogP contribution in [0.15, 0.2) is 113 Å². The van der Waals surface area contributed by atoms with E-state index in [-0.39, 0.29) is 28.4 Å². The average molecular weight is 839 g/mol. The fourth-order valence-corrected chi connectivity index (χ4v) is 13.1. The first-order valence-electron chi connectivity index (χ1n) is 23.8. The smallest absolute Gasteiger partial charge is 0.260 e. The van der Waals surface area contributed by atoms with Crippen LogP contribution in [0.4, 0.5) is 28.4 Å². The standard InChI is InChI=1S/C58H71BN2S/c1-36-44(22-18-24-46(36)57(9,10)11)51-37(2)59-50-48(60(51)42-30-26-40(27-31-42)55(3,4)5)34-39(38-20-16-15-17-21-38)35-49(50)61(43-32-28-41(29-33-43)56(6,7)8)52-45-23-19-25-47(58(12,13)14)53(45)62-54(52)59/h18-19,22-23,25-35,38,46H,15-17,20-21,24H2,1-14H3. The molecule has 0 bridgehead atoms. The van der Waals surface area contributed by atoms with Crippen molar-refractivity contribution < 1.29 is 0 Å². The molecule has 4 heteroatoms. The summed E-state index contributed by atoms with van der Waals surface area (Å²) in [6.45, 7) is 33.5. The molecule has 4 aromatic carbocycles. The SMILES string of the molecule is CC1=C(C2=C(C)C(C(C)(C)C)CC=C2)N(c2ccc(C(C)(C)C)cc2)c2cc(C3CCCCC3)cc3c2B1c1sc2c(C(C)(C)C)cccc2c1N3c1ccc(C(C)(C)C)cc1. The van der Waals surface area contributed by atoms with Gasteiger partial charge in [-0.1, -0.05) is 168 Å². The van der Waals surface area contributed by atoms with E-state index < -0.39 is 0 Å². The van der Waals surface area contributed by atoms with Crippen molar-refractivity contribution in [1.29, 1.82) is 0 Å². The first-order valence-corrected chi connectivity index (χ1v) is 24.6. The minimum Gasteiger partial charge on any atom is -0.311 e. The molecule has 5 aromatic rings. The second kappa shape index (κ2) is 15.2. The third-order valence-electron chi connectivity index (χ3n) is 14.9. The van der Waals surface area contributed by atoms with E-state index in [1.54, 1.807) is 0 Å². The number of rotatable bonds is 4. The van der Waals surface area contributed by atoms with Crippen LogP contribution in [-0.2, 0) is 16.2 Å². The topological polar surface area (TPSA) is 6.48 Å². The Hall–Kier alpha value is -4.28. The first kappa shape index (κ1) is 43.0. The monoisotopic (exact) mass is 839 g/mol. The predicted octanol–water partition coefficient (Wildman–Crippen LogP) is 16.1. The lowest BCUT2D eigenvalue weighted by Gasteiger charge is -2.46. The number of nitrogens with zero attached hydrogens (tertiary/aromatic N) is 2. The maximum atomic E-state index is 2.72. The highest BCUT2D eigenvalue weighted by molar-refractivity contribution is 7.33. The van der Waals surface area contributed by atoms with Crippen molar-refractivity contribution in [2.45, 2.75) is 158 Å². The van der Waals surface area contributed by atoms with Gasteiger partial charge in [-0.2, -0.15) is 0 Å². The molecule has 1 fully saturated rings. The van der Waals surface area contributed by atoms with Gasteiger partial charge in [-0.05, 0) is 136 Å². The lowest BCUT2D eigenvalue weighted by atomic mass is 9.35. The first-order chi connectivity index (χ1) is 29.1. The molecule has 62 heavy (non-hydrogen) atoms. The number of benzene rings is 4. The summed E-state index contributed by atoms with van der Waals surface area (Å²) in [4.78, 5) is 5.42. The van der Waals surface area contributed by atoms with Crippen LogP contribution in [0.1, 0.15) is 164 Å². The van der Waals surface area contributed by atoms with Gasteiger partial charge in [0.15, 0.2) is 0 Å². The highest BCUT2D eigenvalue weighted by Crippen LogP contribution is 2.53. The van der Waals surface area contributed by atoms with Crippen LogP contribution < -0.4 is 20.0 Å². The molecule has 0 saturated heterocycles. The van der Waals surface area contributed by atoms with Crippen LogP contribution in [0.3, 0.4) is 0 Å². The minimum atomic E-state index is 0.00766. The maximum absolute atomic E-state index is 2.72. The molecule has 2 nitrogen and oxygen atoms in total. The van der Waals surface area contributed by atoms with Gasteiger partial charge in [-0.3, -0.25) is 0 Å². The zero-order valence-corrected chi connectivity index (χ0v) is 41.3. The Morgan fingerprint density at radius 3 is 1.76 bits per heavy atom. The molecule has 2 aliphatic carbocycles. The second-order valence-electron chi connectivity index (χ2n) is 23.4. The highest BCUT2D eigenvalue weighted by atomic mass is 32.1. The van der Waals surface area contributed by atoms with Gasteiger partial charge in [-0.25, -0.2) is 0 Å². The fourth-order valence-electron chi connectivity index (χ4n) is 11.4. The van der Waals surface area contributed by atoms with Crippen LogP contribution in [0.25, 0.3) is 10.1 Å². The van der Waals surface area contributed by atoms with E-state index in [9.17, 15) is 0 Å². The van der Waals surface area contributed by atoms with Crippen molar-refractivity contribution in [1.82, 2.24) is 0 Å². The van der Waals surface area contributed by atoms with Crippen LogP contribution in [-0.4, -0.2) is 6.71 Å². The molecule has 0 amide bonds. The Bertz CT molecular complexity index is 2630. The van der Waals surface area contributed by atoms with Crippen molar-refractivity contribution in [2.75, 3.05) is 9.80 Å². The molecule has 2 aliphatic heterocycles. The summed E-state index contributed by atoms with van der Waals surface area (Å²) in [5.74, 6) is 1.01. The van der Waals surface area contributed by atoms with Crippen LogP contribution in [0.2, 0.25) is 0 Å². The molecule has 1 aromatic heterocycles. The number of anilines is 5. The van der Waals surface area contributed by atoms with Crippen molar-refractivity contribution in [3.8, 4) is 0 Å². The minimum absolute atomic E-state index is 0.00766. The highest BCUT2D eigenvalue weighted by Gasteiger charge is 2.47. The zero-order valence-electron chi connectivity index (χ0n) is 40.4. The van der Waals surface area contributed by atoms with Crippen LogP contribution in [0.5, 0.6) is 0 Å². The summed E-state index contributed by atoms with van der Waals surface area (Å²) in [7, 11) is 0. The van der Waals surface area contributed by atoms with Crippen molar-refractivity contribution in [3.63, 3.8) is 0 Å². The average Bonchev–Trinajstić information content (AvgIpc) is 3.60. The Morgan fingerprint density at radius 1 is 0.645 bits per heavy atom. The molecule has 9 rings (SSSR count). The lowest BCUT2D eigenvalue weighted by molar-refractivity contribution is 0.278.